The molecule has 0 aliphatic carbocycles. The Labute approximate surface area is 107 Å². The third-order valence-electron chi connectivity index (χ3n) is 2.62. The maximum Gasteiger partial charge on any atom is 0.337 e. The molecule has 0 heterocycles. The van der Waals surface area contributed by atoms with Gasteiger partial charge in [-0.25, -0.2) is 4.79 Å². The van der Waals surface area contributed by atoms with Crippen LogP contribution < -0.4 is 11.1 Å². The van der Waals surface area contributed by atoms with Gasteiger partial charge in [-0.1, -0.05) is 0 Å². The SMILES string of the molecule is CCOCCCNc1cc(C)c(N)c(C(=O)O)c1. The Bertz CT molecular complexity index is 419. The Morgan fingerprint density at radius 3 is 2.83 bits per heavy atom. The lowest BCUT2D eigenvalue weighted by Crippen LogP contribution is -2.09. The van der Waals surface area contributed by atoms with Crippen LogP contribution in [0.4, 0.5) is 11.4 Å². The number of aryl methyl sites for hydroxylation is 1. The molecule has 0 saturated heterocycles. The van der Waals surface area contributed by atoms with E-state index in [4.69, 9.17) is 15.6 Å². The highest BCUT2D eigenvalue weighted by Gasteiger charge is 2.11. The molecule has 5 heteroatoms. The fraction of sp³-hybridized carbons (Fsp3) is 0.462. The summed E-state index contributed by atoms with van der Waals surface area (Å²) in [4.78, 5) is 11.0. The smallest absolute Gasteiger partial charge is 0.337 e. The van der Waals surface area contributed by atoms with E-state index in [1.807, 2.05) is 13.0 Å². The number of nitrogens with two attached hydrogens (primary N) is 1. The van der Waals surface area contributed by atoms with Crippen LogP contribution in [-0.2, 0) is 4.74 Å². The van der Waals surface area contributed by atoms with E-state index in [1.54, 1.807) is 13.0 Å². The van der Waals surface area contributed by atoms with Crippen LogP contribution in [0.15, 0.2) is 12.1 Å². The highest BCUT2D eigenvalue weighted by atomic mass is 16.5. The summed E-state index contributed by atoms with van der Waals surface area (Å²) >= 11 is 0. The first-order valence-electron chi connectivity index (χ1n) is 6.01. The summed E-state index contributed by atoms with van der Waals surface area (Å²) in [5.74, 6) is -1.01. The molecule has 1 aromatic carbocycles. The first kappa shape index (κ1) is 14.3. The van der Waals surface area contributed by atoms with Gasteiger partial charge in [0, 0.05) is 31.1 Å². The molecule has 0 atom stereocenters. The average Bonchev–Trinajstić information content (AvgIpc) is 2.32. The summed E-state index contributed by atoms with van der Waals surface area (Å²) in [7, 11) is 0. The largest absolute Gasteiger partial charge is 0.478 e. The molecule has 0 aliphatic heterocycles. The minimum Gasteiger partial charge on any atom is -0.478 e. The first-order chi connectivity index (χ1) is 8.56. The summed E-state index contributed by atoms with van der Waals surface area (Å²) in [6.45, 7) is 5.90. The van der Waals surface area contributed by atoms with Crippen molar-refractivity contribution in [2.45, 2.75) is 20.3 Å². The lowest BCUT2D eigenvalue weighted by atomic mass is 10.1. The lowest BCUT2D eigenvalue weighted by Gasteiger charge is -2.11. The van der Waals surface area contributed by atoms with Gasteiger partial charge in [0.05, 0.1) is 5.56 Å². The molecule has 0 amide bonds. The van der Waals surface area contributed by atoms with E-state index in [2.05, 4.69) is 5.32 Å². The van der Waals surface area contributed by atoms with Crippen molar-refractivity contribution in [3.05, 3.63) is 23.3 Å². The van der Waals surface area contributed by atoms with Crippen molar-refractivity contribution >= 4 is 17.3 Å². The quantitative estimate of drug-likeness (QED) is 0.511. The van der Waals surface area contributed by atoms with Gasteiger partial charge in [-0.05, 0) is 38.0 Å². The van der Waals surface area contributed by atoms with Crippen LogP contribution in [0.25, 0.3) is 0 Å². The minimum absolute atomic E-state index is 0.141. The minimum atomic E-state index is -1.01. The van der Waals surface area contributed by atoms with Gasteiger partial charge in [0.25, 0.3) is 0 Å². The fourth-order valence-electron chi connectivity index (χ4n) is 1.63. The fourth-order valence-corrected chi connectivity index (χ4v) is 1.63. The number of ether oxygens (including phenoxy) is 1. The lowest BCUT2D eigenvalue weighted by molar-refractivity contribution is 0.0698. The normalized spacial score (nSPS) is 10.3. The molecular weight excluding hydrogens is 232 g/mol. The summed E-state index contributed by atoms with van der Waals surface area (Å²) in [6, 6.07) is 3.41. The highest BCUT2D eigenvalue weighted by molar-refractivity contribution is 5.95. The molecule has 0 unspecified atom stereocenters. The van der Waals surface area contributed by atoms with Crippen molar-refractivity contribution in [2.24, 2.45) is 0 Å². The van der Waals surface area contributed by atoms with E-state index >= 15 is 0 Å². The Morgan fingerprint density at radius 2 is 2.22 bits per heavy atom. The molecule has 100 valence electrons. The van der Waals surface area contributed by atoms with Crippen molar-refractivity contribution in [2.75, 3.05) is 30.8 Å². The van der Waals surface area contributed by atoms with E-state index in [9.17, 15) is 4.79 Å². The average molecular weight is 252 g/mol. The van der Waals surface area contributed by atoms with Crippen molar-refractivity contribution in [3.8, 4) is 0 Å². The number of hydrogen-bond acceptors (Lipinski definition) is 4. The molecule has 18 heavy (non-hydrogen) atoms. The summed E-state index contributed by atoms with van der Waals surface area (Å²) < 4.78 is 5.22. The van der Waals surface area contributed by atoms with E-state index in [0.717, 1.165) is 24.2 Å². The molecule has 0 fully saturated rings. The van der Waals surface area contributed by atoms with E-state index in [-0.39, 0.29) is 5.56 Å². The zero-order valence-electron chi connectivity index (χ0n) is 10.8. The van der Waals surface area contributed by atoms with Crippen LogP contribution in [0.5, 0.6) is 0 Å². The maximum absolute atomic E-state index is 11.0. The zero-order valence-corrected chi connectivity index (χ0v) is 10.8. The molecule has 5 nitrogen and oxygen atoms in total. The Morgan fingerprint density at radius 1 is 1.50 bits per heavy atom. The van der Waals surface area contributed by atoms with Crippen LogP contribution in [0.2, 0.25) is 0 Å². The Kier molecular flexibility index (Phi) is 5.45. The van der Waals surface area contributed by atoms with E-state index in [0.29, 0.717) is 18.9 Å². The summed E-state index contributed by atoms with van der Waals surface area (Å²) in [5.41, 5.74) is 7.72. The van der Waals surface area contributed by atoms with Crippen molar-refractivity contribution in [3.63, 3.8) is 0 Å². The monoisotopic (exact) mass is 252 g/mol. The third-order valence-corrected chi connectivity index (χ3v) is 2.62. The third kappa shape index (κ3) is 3.92. The molecule has 0 saturated carbocycles. The van der Waals surface area contributed by atoms with Crippen LogP contribution in [0.1, 0.15) is 29.3 Å². The molecule has 0 aliphatic rings. The second kappa shape index (κ2) is 6.86. The van der Waals surface area contributed by atoms with Gasteiger partial charge in [0.2, 0.25) is 0 Å². The van der Waals surface area contributed by atoms with Gasteiger partial charge in [-0.15, -0.1) is 0 Å². The number of nitrogen functional groups attached to an aromatic ring is 1. The van der Waals surface area contributed by atoms with Gasteiger partial charge in [-0.3, -0.25) is 0 Å². The second-order valence-electron chi connectivity index (χ2n) is 4.04. The molecule has 0 aromatic heterocycles. The van der Waals surface area contributed by atoms with Crippen LogP contribution >= 0.6 is 0 Å². The number of carboxylic acid groups (broad SMARTS) is 1. The number of nitrogens with one attached hydrogen (secondary N) is 1. The second-order valence-corrected chi connectivity index (χ2v) is 4.04. The number of benzene rings is 1. The van der Waals surface area contributed by atoms with Crippen molar-refractivity contribution in [1.29, 1.82) is 0 Å². The molecular formula is C13H20N2O3. The van der Waals surface area contributed by atoms with Crippen molar-refractivity contribution < 1.29 is 14.6 Å². The highest BCUT2D eigenvalue weighted by Crippen LogP contribution is 2.22. The predicted octanol–water partition coefficient (Wildman–Crippen LogP) is 2.11. The van der Waals surface area contributed by atoms with Crippen molar-refractivity contribution in [1.82, 2.24) is 0 Å². The molecule has 4 N–H and O–H groups in total. The van der Waals surface area contributed by atoms with E-state index < -0.39 is 5.97 Å². The Balaban J connectivity index is 2.64. The zero-order chi connectivity index (χ0) is 13.5. The van der Waals surface area contributed by atoms with Crippen LogP contribution in [0, 0.1) is 6.92 Å². The number of anilines is 2. The molecule has 0 bridgehead atoms. The number of carbonyl (C=O) groups is 1. The Hall–Kier alpha value is -1.75. The van der Waals surface area contributed by atoms with Gasteiger partial charge < -0.3 is 20.9 Å². The number of carboxylic acids is 1. The summed E-state index contributed by atoms with van der Waals surface area (Å²) in [5, 5.41) is 12.2. The topological polar surface area (TPSA) is 84.6 Å². The first-order valence-corrected chi connectivity index (χ1v) is 6.01. The molecule has 1 aromatic rings. The molecule has 0 spiro atoms. The maximum atomic E-state index is 11.0. The van der Waals surface area contributed by atoms with Gasteiger partial charge >= 0.3 is 5.97 Å². The molecule has 0 radical (unpaired) electrons. The summed E-state index contributed by atoms with van der Waals surface area (Å²) in [6.07, 6.45) is 0.875. The van der Waals surface area contributed by atoms with Crippen LogP contribution in [0.3, 0.4) is 0 Å². The number of aromatic carboxylic acids is 1. The van der Waals surface area contributed by atoms with Gasteiger partial charge in [0.15, 0.2) is 0 Å². The van der Waals surface area contributed by atoms with Crippen LogP contribution in [-0.4, -0.2) is 30.8 Å². The number of hydrogen-bond donors (Lipinski definition) is 3. The van der Waals surface area contributed by atoms with E-state index in [1.165, 1.54) is 0 Å². The standard InChI is InChI=1S/C13H20N2O3/c1-3-18-6-4-5-15-10-7-9(2)12(14)11(8-10)13(16)17/h7-8,15H,3-6,14H2,1-2H3,(H,16,17). The molecule has 1 rings (SSSR count). The van der Waals surface area contributed by atoms with Gasteiger partial charge in [-0.2, -0.15) is 0 Å². The number of rotatable bonds is 7. The van der Waals surface area contributed by atoms with Gasteiger partial charge in [0.1, 0.15) is 0 Å². The predicted molar refractivity (Wildman–Crippen MR) is 72.2 cm³/mol.